The third kappa shape index (κ3) is 2.68. The maximum Gasteiger partial charge on any atom is 0.229 e. The fourth-order valence-corrected chi connectivity index (χ4v) is 4.07. The minimum Gasteiger partial charge on any atom is -0.368 e. The van der Waals surface area contributed by atoms with Crippen LogP contribution in [0.25, 0.3) is 16.6 Å². The first kappa shape index (κ1) is 17.0. The molecule has 1 fully saturated rings. The summed E-state index contributed by atoms with van der Waals surface area (Å²) in [6.07, 6.45) is 0. The Hall–Kier alpha value is -3.15. The van der Waals surface area contributed by atoms with E-state index in [0.717, 1.165) is 54.5 Å². The van der Waals surface area contributed by atoms with Crippen molar-refractivity contribution < 1.29 is 0 Å². The van der Waals surface area contributed by atoms with E-state index in [1.165, 1.54) is 16.8 Å². The first-order valence-corrected chi connectivity index (χ1v) is 9.80. The Labute approximate surface area is 164 Å². The monoisotopic (exact) mass is 372 g/mol. The van der Waals surface area contributed by atoms with E-state index >= 15 is 0 Å². The summed E-state index contributed by atoms with van der Waals surface area (Å²) >= 11 is 0. The van der Waals surface area contributed by atoms with E-state index in [1.54, 1.807) is 0 Å². The summed E-state index contributed by atoms with van der Waals surface area (Å²) in [5.41, 5.74) is 5.90. The van der Waals surface area contributed by atoms with Gasteiger partial charge < -0.3 is 9.80 Å². The molecule has 6 heteroatoms. The Bertz CT molecular complexity index is 1170. The van der Waals surface area contributed by atoms with Gasteiger partial charge in [0.1, 0.15) is 5.82 Å². The van der Waals surface area contributed by atoms with Gasteiger partial charge >= 0.3 is 0 Å². The molecule has 1 aliphatic heterocycles. The van der Waals surface area contributed by atoms with Gasteiger partial charge in [-0.05, 0) is 50.1 Å². The molecule has 0 N–H and O–H groups in total. The van der Waals surface area contributed by atoms with E-state index in [1.807, 2.05) is 23.6 Å². The van der Waals surface area contributed by atoms with Crippen molar-refractivity contribution in [2.45, 2.75) is 20.8 Å². The van der Waals surface area contributed by atoms with Gasteiger partial charge in [-0.1, -0.05) is 24.3 Å². The number of para-hydroxylation sites is 1. The predicted octanol–water partition coefficient (Wildman–Crippen LogP) is 3.53. The number of hydrogen-bond acceptors (Lipinski definition) is 5. The van der Waals surface area contributed by atoms with Crippen LogP contribution in [0.4, 0.5) is 11.6 Å². The van der Waals surface area contributed by atoms with Crippen molar-refractivity contribution in [3.63, 3.8) is 0 Å². The van der Waals surface area contributed by atoms with Crippen LogP contribution in [-0.4, -0.2) is 45.8 Å². The zero-order chi connectivity index (χ0) is 19.3. The molecule has 2 aromatic carbocycles. The number of hydrogen-bond donors (Lipinski definition) is 0. The molecular weight excluding hydrogens is 348 g/mol. The number of anilines is 2. The lowest BCUT2D eigenvalue weighted by Gasteiger charge is -2.37. The molecule has 0 atom stereocenters. The number of fused-ring (bicyclic) bond motifs is 3. The second-order valence-electron chi connectivity index (χ2n) is 7.52. The molecule has 0 unspecified atom stereocenters. The predicted molar refractivity (Wildman–Crippen MR) is 113 cm³/mol. The van der Waals surface area contributed by atoms with Crippen molar-refractivity contribution in [3.05, 3.63) is 59.4 Å². The van der Waals surface area contributed by atoms with Gasteiger partial charge in [-0.15, -0.1) is 5.10 Å². The number of nitrogens with zero attached hydrogens (tertiary/aromatic N) is 6. The molecular formula is C22H24N6. The minimum absolute atomic E-state index is 0.772. The van der Waals surface area contributed by atoms with Gasteiger partial charge in [-0.2, -0.15) is 4.52 Å². The highest BCUT2D eigenvalue weighted by Crippen LogP contribution is 2.27. The third-order valence-corrected chi connectivity index (χ3v) is 5.75. The van der Waals surface area contributed by atoms with Crippen LogP contribution in [-0.2, 0) is 0 Å². The average molecular weight is 372 g/mol. The zero-order valence-corrected chi connectivity index (χ0v) is 16.6. The summed E-state index contributed by atoms with van der Waals surface area (Å²) in [6, 6.07) is 14.7. The van der Waals surface area contributed by atoms with Gasteiger partial charge in [0.25, 0.3) is 0 Å². The first-order valence-electron chi connectivity index (χ1n) is 9.80. The van der Waals surface area contributed by atoms with Crippen molar-refractivity contribution in [1.29, 1.82) is 0 Å². The van der Waals surface area contributed by atoms with Gasteiger partial charge in [0.05, 0.1) is 5.52 Å². The van der Waals surface area contributed by atoms with Crippen LogP contribution in [0.1, 0.15) is 17.0 Å². The summed E-state index contributed by atoms with van der Waals surface area (Å²) in [7, 11) is 0. The molecule has 1 aliphatic rings. The second kappa shape index (κ2) is 6.48. The molecule has 0 bridgehead atoms. The van der Waals surface area contributed by atoms with Crippen molar-refractivity contribution in [2.75, 3.05) is 36.0 Å². The molecule has 0 aliphatic carbocycles. The molecule has 1 saturated heterocycles. The molecule has 0 spiro atoms. The molecule has 0 radical (unpaired) electrons. The Morgan fingerprint density at radius 3 is 2.36 bits per heavy atom. The van der Waals surface area contributed by atoms with Gasteiger partial charge in [0.15, 0.2) is 5.65 Å². The number of piperazine rings is 1. The van der Waals surface area contributed by atoms with Crippen LogP contribution in [0.3, 0.4) is 0 Å². The summed E-state index contributed by atoms with van der Waals surface area (Å²) in [6.45, 7) is 10.1. The van der Waals surface area contributed by atoms with Crippen LogP contribution in [0, 0.1) is 20.8 Å². The number of aryl methyl sites for hydroxylation is 2. The number of rotatable bonds is 2. The Kier molecular flexibility index (Phi) is 3.93. The van der Waals surface area contributed by atoms with Gasteiger partial charge in [-0.25, -0.2) is 9.97 Å². The molecule has 0 amide bonds. The number of benzene rings is 2. The Morgan fingerprint density at radius 2 is 1.54 bits per heavy atom. The summed E-state index contributed by atoms with van der Waals surface area (Å²) in [4.78, 5) is 14.4. The minimum atomic E-state index is 0.772. The average Bonchev–Trinajstić information content (AvgIpc) is 3.11. The molecule has 0 saturated carbocycles. The van der Waals surface area contributed by atoms with Gasteiger partial charge in [0, 0.05) is 37.3 Å². The quantitative estimate of drug-likeness (QED) is 0.539. The van der Waals surface area contributed by atoms with E-state index in [-0.39, 0.29) is 0 Å². The van der Waals surface area contributed by atoms with Gasteiger partial charge in [0.2, 0.25) is 5.95 Å². The van der Waals surface area contributed by atoms with Crippen molar-refractivity contribution in [3.8, 4) is 0 Å². The molecule has 28 heavy (non-hydrogen) atoms. The zero-order valence-electron chi connectivity index (χ0n) is 16.6. The smallest absolute Gasteiger partial charge is 0.229 e. The van der Waals surface area contributed by atoms with E-state index in [2.05, 4.69) is 64.1 Å². The lowest BCUT2D eigenvalue weighted by Crippen LogP contribution is -2.47. The van der Waals surface area contributed by atoms with E-state index in [9.17, 15) is 0 Å². The van der Waals surface area contributed by atoms with Gasteiger partial charge in [-0.3, -0.25) is 0 Å². The fraction of sp³-hybridized carbons (Fsp3) is 0.318. The van der Waals surface area contributed by atoms with E-state index < -0.39 is 0 Å². The van der Waals surface area contributed by atoms with Crippen LogP contribution in [0.5, 0.6) is 0 Å². The van der Waals surface area contributed by atoms with Crippen LogP contribution >= 0.6 is 0 Å². The van der Waals surface area contributed by atoms with Crippen molar-refractivity contribution in [1.82, 2.24) is 19.6 Å². The molecule has 142 valence electrons. The maximum absolute atomic E-state index is 4.94. The number of aromatic nitrogens is 4. The summed E-state index contributed by atoms with van der Waals surface area (Å²) in [5, 5.41) is 5.67. The fourth-order valence-electron chi connectivity index (χ4n) is 4.07. The second-order valence-corrected chi connectivity index (χ2v) is 7.52. The molecule has 4 aromatic rings. The van der Waals surface area contributed by atoms with Crippen LogP contribution in [0.2, 0.25) is 0 Å². The van der Waals surface area contributed by atoms with Crippen molar-refractivity contribution >= 4 is 28.2 Å². The summed E-state index contributed by atoms with van der Waals surface area (Å²) < 4.78 is 1.91. The molecule has 5 rings (SSSR count). The van der Waals surface area contributed by atoms with Crippen LogP contribution in [0.15, 0.2) is 42.5 Å². The summed E-state index contributed by atoms with van der Waals surface area (Å²) in [5.74, 6) is 1.66. The Balaban J connectivity index is 1.49. The van der Waals surface area contributed by atoms with Crippen LogP contribution < -0.4 is 9.80 Å². The molecule has 6 nitrogen and oxygen atoms in total. The SMILES string of the molecule is Cc1nc2c3ccccc3nc(N3CCN(c4cccc(C)c4C)CC3)n2n1. The van der Waals surface area contributed by atoms with Crippen molar-refractivity contribution in [2.24, 2.45) is 0 Å². The maximum atomic E-state index is 4.94. The Morgan fingerprint density at radius 1 is 0.786 bits per heavy atom. The first-order chi connectivity index (χ1) is 13.6. The highest BCUT2D eigenvalue weighted by molar-refractivity contribution is 5.92. The lowest BCUT2D eigenvalue weighted by molar-refractivity contribution is 0.630. The third-order valence-electron chi connectivity index (χ3n) is 5.75. The standard InChI is InChI=1S/C22H24N6/c1-15-7-6-10-20(16(15)2)26-11-13-27(14-12-26)22-24-19-9-5-4-8-18(19)21-23-17(3)25-28(21)22/h4-10H,11-14H2,1-3H3. The molecule has 3 heterocycles. The van der Waals surface area contributed by atoms with E-state index in [0.29, 0.717) is 0 Å². The molecule has 2 aromatic heterocycles. The normalized spacial score (nSPS) is 15.0. The highest BCUT2D eigenvalue weighted by atomic mass is 15.4. The van der Waals surface area contributed by atoms with E-state index in [4.69, 9.17) is 4.98 Å². The highest BCUT2D eigenvalue weighted by Gasteiger charge is 2.23. The topological polar surface area (TPSA) is 49.6 Å². The lowest BCUT2D eigenvalue weighted by atomic mass is 10.1. The largest absolute Gasteiger partial charge is 0.368 e.